The van der Waals surface area contributed by atoms with E-state index < -0.39 is 10.3 Å². The fraction of sp³-hybridized carbons (Fsp3) is 0.500. The Morgan fingerprint density at radius 3 is 2.56 bits per heavy atom. The number of nitrogens with one attached hydrogen (secondary N) is 1. The van der Waals surface area contributed by atoms with Crippen LogP contribution in [0.2, 0.25) is 0 Å². The van der Waals surface area contributed by atoms with Gasteiger partial charge >= 0.3 is 0 Å². The van der Waals surface area contributed by atoms with Crippen molar-refractivity contribution < 1.29 is 8.98 Å². The average molecular weight is 269 g/mol. The van der Waals surface area contributed by atoms with Gasteiger partial charge in [-0.15, -0.1) is 10.3 Å². The zero-order valence-electron chi connectivity index (χ0n) is 11.4. The molecule has 0 saturated carbocycles. The lowest BCUT2D eigenvalue weighted by Gasteiger charge is -2.28. The number of carbonyl (C=O) groups is 1. The minimum atomic E-state index is -0.928. The van der Waals surface area contributed by atoms with Crippen molar-refractivity contribution in [2.24, 2.45) is 0 Å². The van der Waals surface area contributed by atoms with E-state index in [0.717, 1.165) is 24.3 Å². The molecule has 0 unspecified atom stereocenters. The molecule has 0 radical (unpaired) electrons. The number of benzene rings is 1. The molecule has 0 spiro atoms. The second-order valence-electron chi connectivity index (χ2n) is 4.67. The topological polar surface area (TPSA) is 38.3 Å². The molecule has 0 aliphatic heterocycles. The molecule has 1 amide bonds. The summed E-state index contributed by atoms with van der Waals surface area (Å²) in [5.41, 5.74) is 1.05. The highest BCUT2D eigenvalue weighted by Gasteiger charge is 2.09. The minimum Gasteiger partial charge on any atom is -0.356 e. The lowest BCUT2D eigenvalue weighted by atomic mass is 10.1. The van der Waals surface area contributed by atoms with Crippen molar-refractivity contribution >= 4 is 16.2 Å². The third-order valence-corrected chi connectivity index (χ3v) is 4.97. The maximum Gasteiger partial charge on any atom is 0.224 e. The van der Waals surface area contributed by atoms with E-state index in [4.69, 9.17) is 4.18 Å². The molecule has 0 heterocycles. The molecule has 1 N–H and O–H groups in total. The van der Waals surface area contributed by atoms with Gasteiger partial charge in [0.15, 0.2) is 0 Å². The van der Waals surface area contributed by atoms with Gasteiger partial charge in [-0.2, -0.15) is 0 Å². The Morgan fingerprint density at radius 1 is 1.28 bits per heavy atom. The van der Waals surface area contributed by atoms with Gasteiger partial charge in [0, 0.05) is 19.4 Å². The highest BCUT2D eigenvalue weighted by atomic mass is 32.3. The molecule has 4 heteroatoms. The smallest absolute Gasteiger partial charge is 0.224 e. The highest BCUT2D eigenvalue weighted by Crippen LogP contribution is 2.39. The van der Waals surface area contributed by atoms with E-state index in [0.29, 0.717) is 6.42 Å². The monoisotopic (exact) mass is 269 g/mol. The summed E-state index contributed by atoms with van der Waals surface area (Å²) in [5, 5.41) is 2.95. The van der Waals surface area contributed by atoms with E-state index in [1.165, 1.54) is 0 Å². The SMILES string of the molecule is COS(C)(C)CCCNC(=O)Cc1ccccc1. The highest BCUT2D eigenvalue weighted by molar-refractivity contribution is 8.28. The molecule has 1 aromatic rings. The predicted octanol–water partition coefficient (Wildman–Crippen LogP) is 2.36. The zero-order chi connectivity index (χ0) is 13.4. The first-order chi connectivity index (χ1) is 8.53. The first-order valence-corrected chi connectivity index (χ1v) is 8.65. The third-order valence-electron chi connectivity index (χ3n) is 2.79. The molecule has 102 valence electrons. The van der Waals surface area contributed by atoms with Crippen molar-refractivity contribution in [2.45, 2.75) is 12.8 Å². The molecule has 18 heavy (non-hydrogen) atoms. The zero-order valence-corrected chi connectivity index (χ0v) is 12.3. The number of rotatable bonds is 7. The summed E-state index contributed by atoms with van der Waals surface area (Å²) in [7, 11) is 0.826. The van der Waals surface area contributed by atoms with Crippen LogP contribution in [-0.2, 0) is 15.4 Å². The molecular formula is C14H23NO2S. The van der Waals surface area contributed by atoms with Crippen molar-refractivity contribution in [1.29, 1.82) is 0 Å². The van der Waals surface area contributed by atoms with Gasteiger partial charge in [-0.1, -0.05) is 30.3 Å². The van der Waals surface area contributed by atoms with Crippen LogP contribution >= 0.6 is 10.3 Å². The molecular weight excluding hydrogens is 246 g/mol. The van der Waals surface area contributed by atoms with Gasteiger partial charge in [0.2, 0.25) is 5.91 Å². The number of carbonyl (C=O) groups excluding carboxylic acids is 1. The molecule has 0 saturated heterocycles. The van der Waals surface area contributed by atoms with E-state index in [-0.39, 0.29) is 5.91 Å². The van der Waals surface area contributed by atoms with Crippen LogP contribution in [-0.4, -0.2) is 37.8 Å². The fourth-order valence-electron chi connectivity index (χ4n) is 1.57. The van der Waals surface area contributed by atoms with Crippen LogP contribution in [0.25, 0.3) is 0 Å². The summed E-state index contributed by atoms with van der Waals surface area (Å²) < 4.78 is 5.41. The van der Waals surface area contributed by atoms with Gasteiger partial charge in [-0.25, -0.2) is 0 Å². The van der Waals surface area contributed by atoms with Gasteiger partial charge in [0.05, 0.1) is 6.42 Å². The molecule has 0 fully saturated rings. The predicted molar refractivity (Wildman–Crippen MR) is 79.1 cm³/mol. The fourth-order valence-corrected chi connectivity index (χ4v) is 2.58. The van der Waals surface area contributed by atoms with Gasteiger partial charge in [0.25, 0.3) is 0 Å². The largest absolute Gasteiger partial charge is 0.356 e. The second-order valence-corrected chi connectivity index (χ2v) is 8.29. The van der Waals surface area contributed by atoms with E-state index >= 15 is 0 Å². The molecule has 0 aliphatic rings. The van der Waals surface area contributed by atoms with E-state index in [1.807, 2.05) is 30.3 Å². The Morgan fingerprint density at radius 2 is 1.94 bits per heavy atom. The van der Waals surface area contributed by atoms with Gasteiger partial charge in [0.1, 0.15) is 0 Å². The summed E-state index contributed by atoms with van der Waals surface area (Å²) in [5.74, 6) is 1.11. The van der Waals surface area contributed by atoms with Crippen LogP contribution in [0.3, 0.4) is 0 Å². The number of hydrogen-bond donors (Lipinski definition) is 1. The Kier molecular flexibility index (Phi) is 6.22. The first-order valence-electron chi connectivity index (χ1n) is 6.11. The number of amides is 1. The van der Waals surface area contributed by atoms with Crippen molar-refractivity contribution in [3.05, 3.63) is 35.9 Å². The Bertz CT molecular complexity index is 365. The van der Waals surface area contributed by atoms with E-state index in [9.17, 15) is 4.79 Å². The Balaban J connectivity index is 2.18. The maximum absolute atomic E-state index is 11.7. The normalized spacial score (nSPS) is 12.2. The summed E-state index contributed by atoms with van der Waals surface area (Å²) in [6.07, 6.45) is 5.70. The number of hydrogen-bond acceptors (Lipinski definition) is 2. The van der Waals surface area contributed by atoms with Crippen molar-refractivity contribution in [1.82, 2.24) is 5.32 Å². The Hall–Kier alpha value is -1.00. The summed E-state index contributed by atoms with van der Waals surface area (Å²) >= 11 is 0. The summed E-state index contributed by atoms with van der Waals surface area (Å²) in [6, 6.07) is 9.80. The van der Waals surface area contributed by atoms with Crippen LogP contribution in [0.15, 0.2) is 30.3 Å². The lowest BCUT2D eigenvalue weighted by molar-refractivity contribution is -0.120. The standard InChI is InChI=1S/C14H23NO2S/c1-17-18(2,3)11-7-10-15-14(16)12-13-8-5-4-6-9-13/h4-6,8-9H,7,10-12H2,1-3H3,(H,15,16). The molecule has 1 aromatic carbocycles. The molecule has 0 aliphatic carbocycles. The summed E-state index contributed by atoms with van der Waals surface area (Å²) in [6.45, 7) is 0.728. The average Bonchev–Trinajstić information content (AvgIpc) is 2.36. The Labute approximate surface area is 111 Å². The van der Waals surface area contributed by atoms with Gasteiger partial charge in [-0.3, -0.25) is 4.79 Å². The van der Waals surface area contributed by atoms with Crippen LogP contribution in [0.4, 0.5) is 0 Å². The molecule has 0 bridgehead atoms. The van der Waals surface area contributed by atoms with Gasteiger partial charge in [-0.05, 0) is 24.5 Å². The molecule has 1 rings (SSSR count). The van der Waals surface area contributed by atoms with Crippen molar-refractivity contribution in [3.8, 4) is 0 Å². The van der Waals surface area contributed by atoms with Crippen molar-refractivity contribution in [2.75, 3.05) is 31.9 Å². The van der Waals surface area contributed by atoms with E-state index in [2.05, 4.69) is 17.8 Å². The van der Waals surface area contributed by atoms with Crippen LogP contribution in [0.5, 0.6) is 0 Å². The quantitative estimate of drug-likeness (QED) is 0.772. The molecule has 0 aromatic heterocycles. The van der Waals surface area contributed by atoms with Crippen LogP contribution in [0, 0.1) is 0 Å². The summed E-state index contributed by atoms with van der Waals surface area (Å²) in [4.78, 5) is 11.7. The molecule has 3 nitrogen and oxygen atoms in total. The van der Waals surface area contributed by atoms with Crippen molar-refractivity contribution in [3.63, 3.8) is 0 Å². The first kappa shape index (κ1) is 15.1. The van der Waals surface area contributed by atoms with Crippen LogP contribution < -0.4 is 5.32 Å². The molecule has 0 atom stereocenters. The lowest BCUT2D eigenvalue weighted by Crippen LogP contribution is -2.27. The van der Waals surface area contributed by atoms with Crippen LogP contribution in [0.1, 0.15) is 12.0 Å². The van der Waals surface area contributed by atoms with E-state index in [1.54, 1.807) is 7.11 Å². The third kappa shape index (κ3) is 6.07. The minimum absolute atomic E-state index is 0.0893. The van der Waals surface area contributed by atoms with Gasteiger partial charge < -0.3 is 9.50 Å². The second kappa shape index (κ2) is 7.44. The maximum atomic E-state index is 11.7.